The van der Waals surface area contributed by atoms with Crippen LogP contribution in [-0.2, 0) is 15.1 Å². The van der Waals surface area contributed by atoms with E-state index < -0.39 is 5.54 Å². The lowest BCUT2D eigenvalue weighted by Crippen LogP contribution is -2.38. The smallest absolute Gasteiger partial charge is 0.307 e. The lowest BCUT2D eigenvalue weighted by molar-refractivity contribution is -0.144. The van der Waals surface area contributed by atoms with Gasteiger partial charge in [0.25, 0.3) is 0 Å². The molecule has 0 saturated carbocycles. The first-order valence-electron chi connectivity index (χ1n) is 6.14. The molecule has 1 aromatic rings. The zero-order chi connectivity index (χ0) is 13.6. The number of nitrogens with two attached hydrogens (primary N) is 1. The Morgan fingerprint density at radius 2 is 1.89 bits per heavy atom. The van der Waals surface area contributed by atoms with Gasteiger partial charge in [-0.25, -0.2) is 0 Å². The van der Waals surface area contributed by atoms with E-state index in [0.29, 0.717) is 13.0 Å². The average Bonchev–Trinajstić information content (AvgIpc) is 2.39. The molecule has 0 heterocycles. The van der Waals surface area contributed by atoms with Crippen molar-refractivity contribution in [3.05, 3.63) is 29.8 Å². The lowest BCUT2D eigenvalue weighted by atomic mass is 9.85. The number of carbonyl (C=O) groups is 1. The summed E-state index contributed by atoms with van der Waals surface area (Å²) in [6, 6.07) is 7.47. The van der Waals surface area contributed by atoms with Gasteiger partial charge in [-0.05, 0) is 31.0 Å². The van der Waals surface area contributed by atoms with E-state index >= 15 is 0 Å². The molecule has 1 aromatic carbocycles. The van der Waals surface area contributed by atoms with Gasteiger partial charge in [0.15, 0.2) is 0 Å². The molecule has 1 atom stereocenters. The van der Waals surface area contributed by atoms with Crippen molar-refractivity contribution in [1.29, 1.82) is 0 Å². The number of hydrogen-bond acceptors (Lipinski definition) is 4. The molecule has 4 nitrogen and oxygen atoms in total. The number of carbonyl (C=O) groups excluding carboxylic acids is 1. The van der Waals surface area contributed by atoms with Gasteiger partial charge in [-0.2, -0.15) is 0 Å². The van der Waals surface area contributed by atoms with E-state index in [1.807, 2.05) is 31.2 Å². The van der Waals surface area contributed by atoms with Crippen LogP contribution in [0, 0.1) is 0 Å². The van der Waals surface area contributed by atoms with Gasteiger partial charge in [-0.3, -0.25) is 4.79 Å². The molecule has 0 aromatic heterocycles. The van der Waals surface area contributed by atoms with Gasteiger partial charge in [0.05, 0.1) is 25.7 Å². The van der Waals surface area contributed by atoms with Crippen LogP contribution in [0.2, 0.25) is 0 Å². The molecular weight excluding hydrogens is 230 g/mol. The summed E-state index contributed by atoms with van der Waals surface area (Å²) in [5.74, 6) is 0.506. The summed E-state index contributed by atoms with van der Waals surface area (Å²) in [5, 5.41) is 0. The van der Waals surface area contributed by atoms with Crippen LogP contribution in [0.1, 0.15) is 32.3 Å². The quantitative estimate of drug-likeness (QED) is 0.787. The van der Waals surface area contributed by atoms with Crippen LogP contribution in [-0.4, -0.2) is 19.7 Å². The van der Waals surface area contributed by atoms with Crippen LogP contribution in [0.15, 0.2) is 24.3 Å². The van der Waals surface area contributed by atoms with Crippen LogP contribution < -0.4 is 10.5 Å². The maximum atomic E-state index is 11.6. The van der Waals surface area contributed by atoms with Gasteiger partial charge in [-0.1, -0.05) is 19.1 Å². The molecule has 0 aliphatic carbocycles. The van der Waals surface area contributed by atoms with Gasteiger partial charge in [0.1, 0.15) is 5.75 Å². The highest BCUT2D eigenvalue weighted by atomic mass is 16.5. The Balaban J connectivity index is 2.88. The second kappa shape index (κ2) is 6.40. The van der Waals surface area contributed by atoms with Crippen LogP contribution in [0.3, 0.4) is 0 Å². The van der Waals surface area contributed by atoms with Crippen molar-refractivity contribution in [2.75, 3.05) is 13.7 Å². The first-order valence-corrected chi connectivity index (χ1v) is 6.14. The first kappa shape index (κ1) is 14.5. The zero-order valence-corrected chi connectivity index (χ0v) is 11.2. The molecule has 4 heteroatoms. The molecule has 1 rings (SSSR count). The van der Waals surface area contributed by atoms with Gasteiger partial charge in [0.2, 0.25) is 0 Å². The largest absolute Gasteiger partial charge is 0.497 e. The number of rotatable bonds is 6. The van der Waals surface area contributed by atoms with Crippen molar-refractivity contribution in [2.45, 2.75) is 32.2 Å². The van der Waals surface area contributed by atoms with Gasteiger partial charge in [-0.15, -0.1) is 0 Å². The Morgan fingerprint density at radius 1 is 1.28 bits per heavy atom. The molecule has 0 aliphatic heterocycles. The predicted molar refractivity (Wildman–Crippen MR) is 70.4 cm³/mol. The molecule has 0 fully saturated rings. The fourth-order valence-electron chi connectivity index (χ4n) is 1.82. The minimum Gasteiger partial charge on any atom is -0.497 e. The molecule has 1 unspecified atom stereocenters. The second-order valence-corrected chi connectivity index (χ2v) is 4.22. The summed E-state index contributed by atoms with van der Waals surface area (Å²) in [6.07, 6.45) is 0.849. The molecule has 0 saturated heterocycles. The summed E-state index contributed by atoms with van der Waals surface area (Å²) in [6.45, 7) is 4.13. The van der Waals surface area contributed by atoms with Crippen LogP contribution >= 0.6 is 0 Å². The van der Waals surface area contributed by atoms with Crippen molar-refractivity contribution in [3.8, 4) is 5.75 Å². The molecule has 0 aliphatic rings. The first-order chi connectivity index (χ1) is 8.55. The summed E-state index contributed by atoms with van der Waals surface area (Å²) in [5.41, 5.74) is 6.53. The number of methoxy groups -OCH3 is 1. The highest BCUT2D eigenvalue weighted by molar-refractivity contribution is 5.71. The topological polar surface area (TPSA) is 61.5 Å². The monoisotopic (exact) mass is 251 g/mol. The molecule has 18 heavy (non-hydrogen) atoms. The van der Waals surface area contributed by atoms with E-state index in [4.69, 9.17) is 15.2 Å². The number of hydrogen-bond donors (Lipinski definition) is 1. The highest BCUT2D eigenvalue weighted by Gasteiger charge is 2.29. The average molecular weight is 251 g/mol. The van der Waals surface area contributed by atoms with Gasteiger partial charge >= 0.3 is 5.97 Å². The zero-order valence-electron chi connectivity index (χ0n) is 11.2. The van der Waals surface area contributed by atoms with Crippen LogP contribution in [0.4, 0.5) is 0 Å². The summed E-state index contributed by atoms with van der Waals surface area (Å²) in [4.78, 5) is 11.6. The molecule has 0 amide bonds. The number of esters is 1. The second-order valence-electron chi connectivity index (χ2n) is 4.22. The fraction of sp³-hybridized carbons (Fsp3) is 0.500. The Bertz CT molecular complexity index is 389. The standard InChI is InChI=1S/C14H21NO3/c1-4-14(15,10-13(16)18-5-2)11-6-8-12(17-3)9-7-11/h6-9H,4-5,10,15H2,1-3H3. The van der Waals surface area contributed by atoms with Crippen molar-refractivity contribution in [3.63, 3.8) is 0 Å². The molecule has 0 radical (unpaired) electrons. The Labute approximate surface area is 108 Å². The van der Waals surface area contributed by atoms with Gasteiger partial charge < -0.3 is 15.2 Å². The molecule has 0 bridgehead atoms. The van der Waals surface area contributed by atoms with Crippen molar-refractivity contribution in [1.82, 2.24) is 0 Å². The van der Waals surface area contributed by atoms with Gasteiger partial charge in [0, 0.05) is 0 Å². The van der Waals surface area contributed by atoms with Crippen LogP contribution in [0.5, 0.6) is 5.75 Å². The summed E-state index contributed by atoms with van der Waals surface area (Å²) >= 11 is 0. The minimum absolute atomic E-state index is 0.184. The normalized spacial score (nSPS) is 13.8. The van der Waals surface area contributed by atoms with E-state index in [9.17, 15) is 4.79 Å². The van der Waals surface area contributed by atoms with E-state index in [0.717, 1.165) is 11.3 Å². The Morgan fingerprint density at radius 3 is 2.33 bits per heavy atom. The van der Waals surface area contributed by atoms with Crippen LogP contribution in [0.25, 0.3) is 0 Å². The fourth-order valence-corrected chi connectivity index (χ4v) is 1.82. The maximum absolute atomic E-state index is 11.6. The molecule has 2 N–H and O–H groups in total. The Hall–Kier alpha value is -1.55. The SMILES string of the molecule is CCOC(=O)CC(N)(CC)c1ccc(OC)cc1. The van der Waals surface area contributed by atoms with E-state index in [1.54, 1.807) is 14.0 Å². The summed E-state index contributed by atoms with van der Waals surface area (Å²) < 4.78 is 10.1. The van der Waals surface area contributed by atoms with E-state index in [-0.39, 0.29) is 12.4 Å². The molecule has 0 spiro atoms. The van der Waals surface area contributed by atoms with E-state index in [2.05, 4.69) is 0 Å². The predicted octanol–water partition coefficient (Wildman–Crippen LogP) is 2.21. The Kier molecular flexibility index (Phi) is 5.16. The molecular formula is C14H21NO3. The highest BCUT2D eigenvalue weighted by Crippen LogP contribution is 2.27. The maximum Gasteiger partial charge on any atom is 0.307 e. The summed E-state index contributed by atoms with van der Waals surface area (Å²) in [7, 11) is 1.61. The van der Waals surface area contributed by atoms with Crippen molar-refractivity contribution < 1.29 is 14.3 Å². The number of ether oxygens (including phenoxy) is 2. The molecule has 100 valence electrons. The number of benzene rings is 1. The third-order valence-electron chi connectivity index (χ3n) is 3.06. The van der Waals surface area contributed by atoms with Crippen molar-refractivity contribution >= 4 is 5.97 Å². The lowest BCUT2D eigenvalue weighted by Gasteiger charge is -2.27. The minimum atomic E-state index is -0.682. The third kappa shape index (κ3) is 3.47. The third-order valence-corrected chi connectivity index (χ3v) is 3.06. The van der Waals surface area contributed by atoms with E-state index in [1.165, 1.54) is 0 Å². The van der Waals surface area contributed by atoms with Crippen molar-refractivity contribution in [2.24, 2.45) is 5.73 Å².